The second-order valence-electron chi connectivity index (χ2n) is 17.2. The predicted molar refractivity (Wildman–Crippen MR) is 268 cm³/mol. The van der Waals surface area contributed by atoms with Gasteiger partial charge in [0.2, 0.25) is 0 Å². The number of aryl methyl sites for hydroxylation is 1. The van der Waals surface area contributed by atoms with E-state index in [1.807, 2.05) is 12.4 Å². The van der Waals surface area contributed by atoms with Crippen molar-refractivity contribution in [3.05, 3.63) is 223 Å². The fourth-order valence-corrected chi connectivity index (χ4v) is 9.29. The molecule has 3 aromatic heterocycles. The summed E-state index contributed by atoms with van der Waals surface area (Å²) < 4.78 is 4.66. The fourth-order valence-electron chi connectivity index (χ4n) is 9.29. The zero-order valence-electron chi connectivity index (χ0n) is 37.0. The molecule has 0 aliphatic heterocycles. The standard InChI is InChI=1S/C59H51N5/c1-40(2)49-28-18-29-50(41(3)4)58(49)62-36-35-61-59(62)46-25-17-26-47(38-46)63(53-30-16-15-27-51(53)43-19-9-6-10-20-43)48-31-32-52-54(39-48)64(55-37-42(5)33-34-60-55)57(45-23-13-8-14-24-45)56(52)44-21-11-7-12-22-44/h6-41H,1-5H3. The molecule has 0 bridgehead atoms. The SMILES string of the molecule is Cc1ccnc(-n2c(-c3ccccc3)c(-c3ccccc3)c3ccc(N(c4cccc(-c5nccn5-c5c(C(C)C)cccc5C(C)C)c4)c4ccccc4-c4ccccc4)cc32)c1. The van der Waals surface area contributed by atoms with Crippen LogP contribution in [0.5, 0.6) is 0 Å². The van der Waals surface area contributed by atoms with Gasteiger partial charge in [-0.25, -0.2) is 9.97 Å². The molecule has 0 saturated heterocycles. The van der Waals surface area contributed by atoms with Crippen molar-refractivity contribution in [2.45, 2.75) is 46.5 Å². The predicted octanol–water partition coefficient (Wildman–Crippen LogP) is 15.9. The van der Waals surface area contributed by atoms with E-state index in [-0.39, 0.29) is 0 Å². The lowest BCUT2D eigenvalue weighted by Crippen LogP contribution is -2.12. The van der Waals surface area contributed by atoms with Crippen LogP contribution in [0.3, 0.4) is 0 Å². The molecule has 7 aromatic carbocycles. The monoisotopic (exact) mass is 829 g/mol. The maximum absolute atomic E-state index is 5.07. The van der Waals surface area contributed by atoms with Gasteiger partial charge in [-0.2, -0.15) is 0 Å². The quantitative estimate of drug-likeness (QED) is 0.130. The van der Waals surface area contributed by atoms with Gasteiger partial charge in [0, 0.05) is 52.0 Å². The minimum atomic E-state index is 0.342. The van der Waals surface area contributed by atoms with Crippen molar-refractivity contribution in [2.75, 3.05) is 4.90 Å². The largest absolute Gasteiger partial charge is 0.310 e. The van der Waals surface area contributed by atoms with Crippen LogP contribution in [-0.4, -0.2) is 19.1 Å². The number of benzene rings is 7. The summed E-state index contributed by atoms with van der Waals surface area (Å²) in [5, 5.41) is 1.15. The van der Waals surface area contributed by atoms with Gasteiger partial charge in [0.15, 0.2) is 0 Å². The minimum absolute atomic E-state index is 0.342. The highest BCUT2D eigenvalue weighted by Crippen LogP contribution is 2.47. The van der Waals surface area contributed by atoms with E-state index >= 15 is 0 Å². The molecule has 10 rings (SSSR count). The maximum atomic E-state index is 5.07. The summed E-state index contributed by atoms with van der Waals surface area (Å²) in [6.45, 7) is 11.2. The van der Waals surface area contributed by atoms with Gasteiger partial charge in [-0.15, -0.1) is 0 Å². The van der Waals surface area contributed by atoms with Crippen molar-refractivity contribution in [3.8, 4) is 56.4 Å². The van der Waals surface area contributed by atoms with Crippen LogP contribution in [0.1, 0.15) is 56.2 Å². The van der Waals surface area contributed by atoms with Crippen molar-refractivity contribution in [1.29, 1.82) is 0 Å². The first-order valence-electron chi connectivity index (χ1n) is 22.3. The zero-order chi connectivity index (χ0) is 43.7. The average molecular weight is 830 g/mol. The summed E-state index contributed by atoms with van der Waals surface area (Å²) in [5.74, 6) is 2.46. The number of fused-ring (bicyclic) bond motifs is 1. The summed E-state index contributed by atoms with van der Waals surface area (Å²) >= 11 is 0. The third kappa shape index (κ3) is 7.39. The Morgan fingerprint density at radius 2 is 1.11 bits per heavy atom. The van der Waals surface area contributed by atoms with E-state index in [9.17, 15) is 0 Å². The molecule has 0 atom stereocenters. The summed E-state index contributed by atoms with van der Waals surface area (Å²) in [7, 11) is 0. The number of hydrogen-bond donors (Lipinski definition) is 0. The third-order valence-corrected chi connectivity index (χ3v) is 12.3. The maximum Gasteiger partial charge on any atom is 0.144 e. The lowest BCUT2D eigenvalue weighted by atomic mass is 9.92. The molecule has 0 fully saturated rings. The molecule has 10 aromatic rings. The molecule has 0 saturated carbocycles. The number of nitrogens with zero attached hydrogens (tertiary/aromatic N) is 5. The number of para-hydroxylation sites is 2. The first-order valence-corrected chi connectivity index (χ1v) is 22.3. The molecule has 64 heavy (non-hydrogen) atoms. The number of imidazole rings is 1. The van der Waals surface area contributed by atoms with Gasteiger partial charge >= 0.3 is 0 Å². The van der Waals surface area contributed by atoms with Crippen molar-refractivity contribution in [1.82, 2.24) is 19.1 Å². The van der Waals surface area contributed by atoms with E-state index in [0.717, 1.165) is 78.7 Å². The Balaban J connectivity index is 1.25. The average Bonchev–Trinajstić information content (AvgIpc) is 3.96. The fraction of sp³-hybridized carbons (Fsp3) is 0.119. The smallest absolute Gasteiger partial charge is 0.144 e. The van der Waals surface area contributed by atoms with Crippen molar-refractivity contribution >= 4 is 28.0 Å². The Morgan fingerprint density at radius 3 is 1.80 bits per heavy atom. The second kappa shape index (κ2) is 17.2. The van der Waals surface area contributed by atoms with Gasteiger partial charge in [-0.3, -0.25) is 9.13 Å². The van der Waals surface area contributed by atoms with Crippen LogP contribution in [-0.2, 0) is 0 Å². The highest BCUT2D eigenvalue weighted by molar-refractivity contribution is 6.07. The van der Waals surface area contributed by atoms with E-state index in [1.165, 1.54) is 22.4 Å². The molecular formula is C59H51N5. The van der Waals surface area contributed by atoms with Crippen LogP contribution in [0.4, 0.5) is 17.1 Å². The number of pyridine rings is 1. The Hall–Kier alpha value is -7.76. The van der Waals surface area contributed by atoms with Gasteiger partial charge in [-0.05, 0) is 94.6 Å². The Bertz CT molecular complexity index is 3210. The summed E-state index contributed by atoms with van der Waals surface area (Å²) in [5.41, 5.74) is 17.0. The molecule has 5 heteroatoms. The molecule has 312 valence electrons. The normalized spacial score (nSPS) is 11.5. The Morgan fingerprint density at radius 1 is 0.500 bits per heavy atom. The first-order chi connectivity index (χ1) is 31.4. The van der Waals surface area contributed by atoms with Crippen LogP contribution >= 0.6 is 0 Å². The Labute approximate surface area is 376 Å². The van der Waals surface area contributed by atoms with Gasteiger partial charge in [0.25, 0.3) is 0 Å². The number of hydrogen-bond acceptors (Lipinski definition) is 3. The zero-order valence-corrected chi connectivity index (χ0v) is 37.0. The van der Waals surface area contributed by atoms with Crippen LogP contribution < -0.4 is 4.90 Å². The summed E-state index contributed by atoms with van der Waals surface area (Å²) in [6.07, 6.45) is 5.97. The first kappa shape index (κ1) is 40.3. The van der Waals surface area contributed by atoms with Crippen molar-refractivity contribution in [2.24, 2.45) is 0 Å². The van der Waals surface area contributed by atoms with E-state index in [0.29, 0.717) is 11.8 Å². The minimum Gasteiger partial charge on any atom is -0.310 e. The van der Waals surface area contributed by atoms with Crippen LogP contribution in [0.15, 0.2) is 207 Å². The highest BCUT2D eigenvalue weighted by Gasteiger charge is 2.26. The summed E-state index contributed by atoms with van der Waals surface area (Å²) in [6, 6.07) is 67.7. The lowest BCUT2D eigenvalue weighted by molar-refractivity contribution is 0.807. The van der Waals surface area contributed by atoms with Crippen LogP contribution in [0, 0.1) is 6.92 Å². The molecule has 0 aliphatic carbocycles. The van der Waals surface area contributed by atoms with Gasteiger partial charge < -0.3 is 4.90 Å². The van der Waals surface area contributed by atoms with E-state index in [1.54, 1.807) is 0 Å². The molecule has 0 unspecified atom stereocenters. The number of aromatic nitrogens is 4. The molecular weight excluding hydrogens is 779 g/mol. The topological polar surface area (TPSA) is 38.9 Å². The van der Waals surface area contributed by atoms with Gasteiger partial charge in [0.05, 0.1) is 22.6 Å². The molecule has 3 heterocycles. The van der Waals surface area contributed by atoms with E-state index < -0.39 is 0 Å². The van der Waals surface area contributed by atoms with Gasteiger partial charge in [-0.1, -0.05) is 173 Å². The van der Waals surface area contributed by atoms with E-state index in [4.69, 9.17) is 9.97 Å². The van der Waals surface area contributed by atoms with Crippen LogP contribution in [0.25, 0.3) is 67.3 Å². The van der Waals surface area contributed by atoms with Crippen molar-refractivity contribution in [3.63, 3.8) is 0 Å². The number of anilines is 3. The molecule has 0 N–H and O–H groups in total. The molecule has 0 amide bonds. The second-order valence-corrected chi connectivity index (χ2v) is 17.2. The van der Waals surface area contributed by atoms with Crippen molar-refractivity contribution < 1.29 is 0 Å². The van der Waals surface area contributed by atoms with Gasteiger partial charge in [0.1, 0.15) is 11.6 Å². The molecule has 0 aliphatic rings. The van der Waals surface area contributed by atoms with Crippen LogP contribution in [0.2, 0.25) is 0 Å². The number of rotatable bonds is 11. The lowest BCUT2D eigenvalue weighted by Gasteiger charge is -2.28. The molecule has 5 nitrogen and oxygen atoms in total. The Kier molecular flexibility index (Phi) is 10.8. The summed E-state index contributed by atoms with van der Waals surface area (Å²) in [4.78, 5) is 12.5. The van der Waals surface area contributed by atoms with E-state index in [2.05, 4.69) is 243 Å². The third-order valence-electron chi connectivity index (χ3n) is 12.3. The molecule has 0 spiro atoms. The highest BCUT2D eigenvalue weighted by atomic mass is 15.2. The molecule has 0 radical (unpaired) electrons.